The van der Waals surface area contributed by atoms with Crippen molar-refractivity contribution in [2.24, 2.45) is 0 Å². The number of likely N-dealkylation sites (N-methyl/N-ethyl adjacent to an activating group) is 1. The predicted octanol–water partition coefficient (Wildman–Crippen LogP) is 0.382. The topological polar surface area (TPSA) is 102 Å². The SMILES string of the molecule is CC.CNC(C=O)CCCCNC(=O)N1CCN(CC(=O)O)CC1. The lowest BCUT2D eigenvalue weighted by Gasteiger charge is -2.33. The molecule has 1 atom stereocenters. The standard InChI is InChI=1S/C14H26N4O4.C2H6/c1-15-12(11-19)4-2-3-5-16-14(22)18-8-6-17(7-9-18)10-13(20)21;1-2/h11-12,15H,2-10H2,1H3,(H,16,22)(H,20,21);1-2H3. The monoisotopic (exact) mass is 344 g/mol. The highest BCUT2D eigenvalue weighted by Gasteiger charge is 2.21. The molecule has 1 fully saturated rings. The van der Waals surface area contributed by atoms with E-state index in [9.17, 15) is 14.4 Å². The predicted molar refractivity (Wildman–Crippen MR) is 93.2 cm³/mol. The molecular weight excluding hydrogens is 312 g/mol. The number of carboxylic acids is 1. The summed E-state index contributed by atoms with van der Waals surface area (Å²) in [5.41, 5.74) is 0. The van der Waals surface area contributed by atoms with Crippen molar-refractivity contribution >= 4 is 18.3 Å². The highest BCUT2D eigenvalue weighted by molar-refractivity contribution is 5.74. The number of carbonyl (C=O) groups is 3. The zero-order valence-electron chi connectivity index (χ0n) is 15.1. The number of hydrogen-bond donors (Lipinski definition) is 3. The molecule has 24 heavy (non-hydrogen) atoms. The third-order valence-electron chi connectivity index (χ3n) is 3.77. The Morgan fingerprint density at radius 1 is 1.17 bits per heavy atom. The van der Waals surface area contributed by atoms with Crippen LogP contribution in [-0.2, 0) is 9.59 Å². The van der Waals surface area contributed by atoms with Crippen LogP contribution in [0.1, 0.15) is 33.1 Å². The molecule has 0 radical (unpaired) electrons. The number of aldehydes is 1. The Bertz CT molecular complexity index is 371. The molecule has 1 aliphatic rings. The molecule has 8 nitrogen and oxygen atoms in total. The van der Waals surface area contributed by atoms with E-state index >= 15 is 0 Å². The number of hydrogen-bond acceptors (Lipinski definition) is 5. The zero-order valence-corrected chi connectivity index (χ0v) is 15.1. The number of urea groups is 1. The number of piperazine rings is 1. The van der Waals surface area contributed by atoms with Crippen LogP contribution >= 0.6 is 0 Å². The van der Waals surface area contributed by atoms with Crippen molar-refractivity contribution in [1.82, 2.24) is 20.4 Å². The summed E-state index contributed by atoms with van der Waals surface area (Å²) >= 11 is 0. The van der Waals surface area contributed by atoms with E-state index in [-0.39, 0.29) is 18.6 Å². The van der Waals surface area contributed by atoms with Gasteiger partial charge in [-0.25, -0.2) is 4.79 Å². The van der Waals surface area contributed by atoms with Gasteiger partial charge in [0.15, 0.2) is 0 Å². The summed E-state index contributed by atoms with van der Waals surface area (Å²) in [5, 5.41) is 14.5. The van der Waals surface area contributed by atoms with Crippen LogP contribution in [-0.4, -0.2) is 85.6 Å². The second-order valence-electron chi connectivity index (χ2n) is 5.42. The van der Waals surface area contributed by atoms with Gasteiger partial charge < -0.3 is 25.4 Å². The Labute approximate surface area is 144 Å². The van der Waals surface area contributed by atoms with Gasteiger partial charge in [-0.15, -0.1) is 0 Å². The van der Waals surface area contributed by atoms with E-state index in [1.165, 1.54) is 0 Å². The average Bonchev–Trinajstić information content (AvgIpc) is 2.60. The summed E-state index contributed by atoms with van der Waals surface area (Å²) in [7, 11) is 1.75. The van der Waals surface area contributed by atoms with Crippen molar-refractivity contribution in [3.05, 3.63) is 0 Å². The molecule has 140 valence electrons. The molecule has 0 bridgehead atoms. The highest BCUT2D eigenvalue weighted by atomic mass is 16.4. The normalized spacial score (nSPS) is 15.9. The Kier molecular flexibility index (Phi) is 12.8. The van der Waals surface area contributed by atoms with E-state index in [0.29, 0.717) is 32.7 Å². The average molecular weight is 344 g/mol. The van der Waals surface area contributed by atoms with Crippen LogP contribution in [0, 0.1) is 0 Å². The minimum atomic E-state index is -0.840. The summed E-state index contributed by atoms with van der Waals surface area (Å²) in [6.07, 6.45) is 3.37. The first-order chi connectivity index (χ1) is 11.6. The number of carboxylic acid groups (broad SMARTS) is 1. The van der Waals surface area contributed by atoms with Gasteiger partial charge in [-0.1, -0.05) is 13.8 Å². The Hall–Kier alpha value is -1.67. The Balaban J connectivity index is 0.00000254. The molecule has 3 N–H and O–H groups in total. The fourth-order valence-electron chi connectivity index (χ4n) is 2.38. The first-order valence-corrected chi connectivity index (χ1v) is 8.66. The first kappa shape index (κ1) is 22.3. The number of unbranched alkanes of at least 4 members (excludes halogenated alkanes) is 1. The lowest BCUT2D eigenvalue weighted by atomic mass is 10.1. The highest BCUT2D eigenvalue weighted by Crippen LogP contribution is 2.02. The third-order valence-corrected chi connectivity index (χ3v) is 3.77. The van der Waals surface area contributed by atoms with E-state index in [4.69, 9.17) is 5.11 Å². The van der Waals surface area contributed by atoms with Crippen LogP contribution in [0.4, 0.5) is 4.79 Å². The fraction of sp³-hybridized carbons (Fsp3) is 0.812. The van der Waals surface area contributed by atoms with Gasteiger partial charge in [0.2, 0.25) is 0 Å². The maximum Gasteiger partial charge on any atom is 0.317 e. The van der Waals surface area contributed by atoms with Crippen molar-refractivity contribution in [3.8, 4) is 0 Å². The number of nitrogens with one attached hydrogen (secondary N) is 2. The molecule has 1 unspecified atom stereocenters. The van der Waals surface area contributed by atoms with Gasteiger partial charge in [0.25, 0.3) is 0 Å². The smallest absolute Gasteiger partial charge is 0.317 e. The van der Waals surface area contributed by atoms with Crippen molar-refractivity contribution in [1.29, 1.82) is 0 Å². The maximum atomic E-state index is 11.9. The largest absolute Gasteiger partial charge is 0.480 e. The van der Waals surface area contributed by atoms with Crippen molar-refractivity contribution in [3.63, 3.8) is 0 Å². The van der Waals surface area contributed by atoms with Crippen LogP contribution in [0.25, 0.3) is 0 Å². The molecule has 0 spiro atoms. The van der Waals surface area contributed by atoms with Crippen molar-refractivity contribution < 1.29 is 19.5 Å². The van der Waals surface area contributed by atoms with Gasteiger partial charge in [0, 0.05) is 32.7 Å². The summed E-state index contributed by atoms with van der Waals surface area (Å²) in [6, 6.07) is -0.214. The fourth-order valence-corrected chi connectivity index (χ4v) is 2.38. The maximum absolute atomic E-state index is 11.9. The minimum absolute atomic E-state index is 0.0266. The van der Waals surface area contributed by atoms with Crippen molar-refractivity contribution in [2.45, 2.75) is 39.2 Å². The van der Waals surface area contributed by atoms with Crippen LogP contribution < -0.4 is 10.6 Å². The second-order valence-corrected chi connectivity index (χ2v) is 5.42. The van der Waals surface area contributed by atoms with Gasteiger partial charge in [-0.05, 0) is 26.3 Å². The first-order valence-electron chi connectivity index (χ1n) is 8.66. The molecule has 1 rings (SSSR count). The van der Waals surface area contributed by atoms with Gasteiger partial charge in [0.05, 0.1) is 12.6 Å². The van der Waals surface area contributed by atoms with Gasteiger partial charge >= 0.3 is 12.0 Å². The molecule has 2 amide bonds. The van der Waals surface area contributed by atoms with Crippen LogP contribution in [0.3, 0.4) is 0 Å². The molecule has 8 heteroatoms. The van der Waals surface area contributed by atoms with E-state index in [1.54, 1.807) is 11.9 Å². The van der Waals surface area contributed by atoms with Crippen molar-refractivity contribution in [2.75, 3.05) is 46.3 Å². The molecule has 1 aliphatic heterocycles. The zero-order chi connectivity index (χ0) is 18.4. The number of rotatable bonds is 9. The second kappa shape index (κ2) is 13.7. The van der Waals surface area contributed by atoms with E-state index in [0.717, 1.165) is 25.5 Å². The minimum Gasteiger partial charge on any atom is -0.480 e. The van der Waals surface area contributed by atoms with Crippen LogP contribution in [0.2, 0.25) is 0 Å². The number of carbonyl (C=O) groups excluding carboxylic acids is 2. The number of amides is 2. The Morgan fingerprint density at radius 2 is 1.79 bits per heavy atom. The lowest BCUT2D eigenvalue weighted by molar-refractivity contribution is -0.138. The molecule has 0 saturated carbocycles. The number of aliphatic carboxylic acids is 1. The molecule has 0 aliphatic carbocycles. The number of nitrogens with zero attached hydrogens (tertiary/aromatic N) is 2. The lowest BCUT2D eigenvalue weighted by Crippen LogP contribution is -2.52. The molecule has 0 aromatic carbocycles. The van der Waals surface area contributed by atoms with Gasteiger partial charge in [-0.2, -0.15) is 0 Å². The molecule has 0 aromatic rings. The van der Waals surface area contributed by atoms with Crippen LogP contribution in [0.15, 0.2) is 0 Å². The summed E-state index contributed by atoms with van der Waals surface area (Å²) in [6.45, 7) is 6.88. The molecule has 0 aromatic heterocycles. The van der Waals surface area contributed by atoms with Crippen LogP contribution in [0.5, 0.6) is 0 Å². The van der Waals surface area contributed by atoms with Gasteiger partial charge in [-0.3, -0.25) is 9.69 Å². The summed E-state index contributed by atoms with van der Waals surface area (Å²) in [4.78, 5) is 36.7. The van der Waals surface area contributed by atoms with Gasteiger partial charge in [0.1, 0.15) is 6.29 Å². The third kappa shape index (κ3) is 9.46. The molecule has 1 heterocycles. The summed E-state index contributed by atoms with van der Waals surface area (Å²) in [5.74, 6) is -0.840. The molecular formula is C16H32N4O4. The van der Waals surface area contributed by atoms with E-state index in [2.05, 4.69) is 10.6 Å². The summed E-state index contributed by atoms with van der Waals surface area (Å²) < 4.78 is 0. The quantitative estimate of drug-likeness (QED) is 0.413. The Morgan fingerprint density at radius 3 is 2.29 bits per heavy atom. The van der Waals surface area contributed by atoms with E-state index < -0.39 is 5.97 Å². The van der Waals surface area contributed by atoms with E-state index in [1.807, 2.05) is 18.7 Å². The molecule has 1 saturated heterocycles.